The predicted molar refractivity (Wildman–Crippen MR) is 77.0 cm³/mol. The fourth-order valence-electron chi connectivity index (χ4n) is 2.08. The summed E-state index contributed by atoms with van der Waals surface area (Å²) in [7, 11) is 0. The zero-order chi connectivity index (χ0) is 14.7. The van der Waals surface area contributed by atoms with Crippen LogP contribution in [0.15, 0.2) is 24.3 Å². The first-order valence-corrected chi connectivity index (χ1v) is 7.43. The third-order valence-corrected chi connectivity index (χ3v) is 4.51. The molecule has 1 aromatic carbocycles. The van der Waals surface area contributed by atoms with Crippen molar-refractivity contribution in [2.75, 3.05) is 13.1 Å². The van der Waals surface area contributed by atoms with Gasteiger partial charge in [0, 0.05) is 18.3 Å². The molecule has 0 aromatic heterocycles. The van der Waals surface area contributed by atoms with Crippen LogP contribution in [0.3, 0.4) is 0 Å². The van der Waals surface area contributed by atoms with E-state index >= 15 is 0 Å². The molecule has 4 nitrogen and oxygen atoms in total. The van der Waals surface area contributed by atoms with Crippen LogP contribution in [0.1, 0.15) is 24.7 Å². The van der Waals surface area contributed by atoms with E-state index in [0.717, 1.165) is 5.56 Å². The van der Waals surface area contributed by atoms with Gasteiger partial charge in [-0.2, -0.15) is 0 Å². The number of benzene rings is 1. The van der Waals surface area contributed by atoms with E-state index in [2.05, 4.69) is 5.32 Å². The fraction of sp³-hybridized carbons (Fsp3) is 0.429. The highest BCUT2D eigenvalue weighted by molar-refractivity contribution is 8.00. The maximum atomic E-state index is 12.9. The van der Waals surface area contributed by atoms with E-state index in [1.807, 2.05) is 6.92 Å². The number of nitrogens with zero attached hydrogens (tertiary/aromatic N) is 1. The average Bonchev–Trinajstić information content (AvgIpc) is 2.84. The molecule has 108 valence electrons. The predicted octanol–water partition coefficient (Wildman–Crippen LogP) is 2.56. The smallest absolute Gasteiger partial charge is 0.324 e. The Morgan fingerprint density at radius 1 is 1.35 bits per heavy atom. The summed E-state index contributed by atoms with van der Waals surface area (Å²) in [5.74, 6) is -0.456. The van der Waals surface area contributed by atoms with Crippen molar-refractivity contribution in [3.63, 3.8) is 0 Å². The second kappa shape index (κ2) is 6.26. The Hall–Kier alpha value is -1.56. The molecule has 1 heterocycles. The van der Waals surface area contributed by atoms with Gasteiger partial charge in [0.05, 0.1) is 5.25 Å². The summed E-state index contributed by atoms with van der Waals surface area (Å²) in [6.07, 6.45) is 0. The van der Waals surface area contributed by atoms with E-state index in [1.165, 1.54) is 28.8 Å². The third kappa shape index (κ3) is 3.30. The summed E-state index contributed by atoms with van der Waals surface area (Å²) < 4.78 is 12.9. The Balaban J connectivity index is 1.96. The molecular weight excluding hydrogens is 279 g/mol. The summed E-state index contributed by atoms with van der Waals surface area (Å²) >= 11 is 1.46. The third-order valence-electron chi connectivity index (χ3n) is 3.22. The number of thioether (sulfide) groups is 1. The molecule has 1 aliphatic rings. The molecule has 1 aliphatic heterocycles. The SMILES string of the molecule is C[C@H](S[C@@H](C)c1ccc(F)cc1)C(=O)N1CCNC1=O. The van der Waals surface area contributed by atoms with Gasteiger partial charge in [0.15, 0.2) is 0 Å². The van der Waals surface area contributed by atoms with Crippen LogP contribution in [0.2, 0.25) is 0 Å². The Morgan fingerprint density at radius 3 is 2.55 bits per heavy atom. The fourth-order valence-corrected chi connectivity index (χ4v) is 3.25. The molecule has 0 radical (unpaired) electrons. The number of nitrogens with one attached hydrogen (secondary N) is 1. The molecule has 1 fully saturated rings. The second-order valence-electron chi connectivity index (χ2n) is 4.69. The summed E-state index contributed by atoms with van der Waals surface area (Å²) in [6.45, 7) is 4.69. The van der Waals surface area contributed by atoms with Gasteiger partial charge in [0.1, 0.15) is 5.82 Å². The van der Waals surface area contributed by atoms with Gasteiger partial charge in [-0.15, -0.1) is 11.8 Å². The van der Waals surface area contributed by atoms with Gasteiger partial charge in [-0.1, -0.05) is 12.1 Å². The standard InChI is InChI=1S/C14H17FN2O2S/c1-9(11-3-5-12(15)6-4-11)20-10(2)13(18)17-8-7-16-14(17)19/h3-6,9-10H,7-8H2,1-2H3,(H,16,19)/t9-,10-/m0/s1. The molecule has 0 saturated carbocycles. The van der Waals surface area contributed by atoms with Gasteiger partial charge >= 0.3 is 6.03 Å². The zero-order valence-corrected chi connectivity index (χ0v) is 12.2. The first kappa shape index (κ1) is 14.8. The van der Waals surface area contributed by atoms with Crippen LogP contribution in [0.4, 0.5) is 9.18 Å². The Bertz CT molecular complexity index is 506. The van der Waals surface area contributed by atoms with Crippen molar-refractivity contribution in [1.29, 1.82) is 0 Å². The highest BCUT2D eigenvalue weighted by atomic mass is 32.2. The molecule has 20 heavy (non-hydrogen) atoms. The highest BCUT2D eigenvalue weighted by Gasteiger charge is 2.30. The first-order valence-electron chi connectivity index (χ1n) is 6.49. The number of carbonyl (C=O) groups is 2. The lowest BCUT2D eigenvalue weighted by atomic mass is 10.2. The van der Waals surface area contributed by atoms with Crippen LogP contribution < -0.4 is 5.32 Å². The van der Waals surface area contributed by atoms with Crippen molar-refractivity contribution in [2.45, 2.75) is 24.3 Å². The lowest BCUT2D eigenvalue weighted by Gasteiger charge is -2.20. The van der Waals surface area contributed by atoms with Crippen LogP contribution in [0.25, 0.3) is 0 Å². The number of carbonyl (C=O) groups excluding carboxylic acids is 2. The van der Waals surface area contributed by atoms with Gasteiger partial charge in [-0.3, -0.25) is 9.69 Å². The molecule has 0 spiro atoms. The van der Waals surface area contributed by atoms with E-state index in [4.69, 9.17) is 0 Å². The second-order valence-corrected chi connectivity index (χ2v) is 6.38. The van der Waals surface area contributed by atoms with Crippen LogP contribution in [-0.4, -0.2) is 35.2 Å². The van der Waals surface area contributed by atoms with Crippen LogP contribution in [0, 0.1) is 5.82 Å². The molecule has 3 amide bonds. The largest absolute Gasteiger partial charge is 0.336 e. The number of urea groups is 1. The van der Waals surface area contributed by atoms with Crippen molar-refractivity contribution in [3.8, 4) is 0 Å². The van der Waals surface area contributed by atoms with Crippen molar-refractivity contribution in [3.05, 3.63) is 35.6 Å². The van der Waals surface area contributed by atoms with Gasteiger partial charge in [0.25, 0.3) is 0 Å². The molecular formula is C14H17FN2O2S. The molecule has 1 N–H and O–H groups in total. The number of imide groups is 1. The van der Waals surface area contributed by atoms with Gasteiger partial charge in [-0.05, 0) is 31.5 Å². The molecule has 0 bridgehead atoms. The minimum absolute atomic E-state index is 0.0558. The maximum absolute atomic E-state index is 12.9. The molecule has 6 heteroatoms. The Morgan fingerprint density at radius 2 is 2.00 bits per heavy atom. The Labute approximate surface area is 121 Å². The summed E-state index contributed by atoms with van der Waals surface area (Å²) in [6, 6.07) is 5.93. The number of halogens is 1. The first-order chi connectivity index (χ1) is 9.49. The number of hydrogen-bond donors (Lipinski definition) is 1. The van der Waals surface area contributed by atoms with Crippen LogP contribution in [-0.2, 0) is 4.79 Å². The average molecular weight is 296 g/mol. The van der Waals surface area contributed by atoms with Crippen LogP contribution in [0.5, 0.6) is 0 Å². The van der Waals surface area contributed by atoms with Crippen LogP contribution >= 0.6 is 11.8 Å². The quantitative estimate of drug-likeness (QED) is 0.929. The highest BCUT2D eigenvalue weighted by Crippen LogP contribution is 2.32. The van der Waals surface area contributed by atoms with Crippen molar-refractivity contribution in [1.82, 2.24) is 10.2 Å². The molecule has 2 atom stereocenters. The van der Waals surface area contributed by atoms with Gasteiger partial charge in [-0.25, -0.2) is 9.18 Å². The van der Waals surface area contributed by atoms with E-state index in [9.17, 15) is 14.0 Å². The number of hydrogen-bond acceptors (Lipinski definition) is 3. The molecule has 0 unspecified atom stereocenters. The monoisotopic (exact) mass is 296 g/mol. The number of rotatable bonds is 4. The summed E-state index contributed by atoms with van der Waals surface area (Å²) in [5, 5.41) is 2.35. The van der Waals surface area contributed by atoms with E-state index in [-0.39, 0.29) is 28.3 Å². The van der Waals surface area contributed by atoms with E-state index in [1.54, 1.807) is 19.1 Å². The van der Waals surface area contributed by atoms with E-state index in [0.29, 0.717) is 13.1 Å². The normalized spacial score (nSPS) is 17.8. The van der Waals surface area contributed by atoms with Crippen molar-refractivity contribution >= 4 is 23.7 Å². The minimum Gasteiger partial charge on any atom is -0.336 e. The van der Waals surface area contributed by atoms with Crippen molar-refractivity contribution < 1.29 is 14.0 Å². The lowest BCUT2D eigenvalue weighted by Crippen LogP contribution is -2.39. The molecule has 2 rings (SSSR count). The molecule has 1 aromatic rings. The number of amides is 3. The van der Waals surface area contributed by atoms with E-state index < -0.39 is 0 Å². The summed E-state index contributed by atoms with van der Waals surface area (Å²) in [5.41, 5.74) is 0.960. The maximum Gasteiger partial charge on any atom is 0.324 e. The summed E-state index contributed by atoms with van der Waals surface area (Å²) in [4.78, 5) is 24.9. The Kier molecular flexibility index (Phi) is 4.65. The van der Waals surface area contributed by atoms with Gasteiger partial charge in [0.2, 0.25) is 5.91 Å². The molecule has 0 aliphatic carbocycles. The lowest BCUT2D eigenvalue weighted by molar-refractivity contribution is -0.126. The minimum atomic E-state index is -0.322. The zero-order valence-electron chi connectivity index (χ0n) is 11.4. The molecule has 1 saturated heterocycles. The topological polar surface area (TPSA) is 49.4 Å². The van der Waals surface area contributed by atoms with Crippen molar-refractivity contribution in [2.24, 2.45) is 0 Å². The van der Waals surface area contributed by atoms with Gasteiger partial charge < -0.3 is 5.32 Å².